The summed E-state index contributed by atoms with van der Waals surface area (Å²) in [4.78, 5) is 69.4. The predicted molar refractivity (Wildman–Crippen MR) is 231 cm³/mol. The predicted octanol–water partition coefficient (Wildman–Crippen LogP) is 6.57. The van der Waals surface area contributed by atoms with Crippen LogP contribution in [0.25, 0.3) is 0 Å². The second-order valence-corrected chi connectivity index (χ2v) is 14.9. The number of carbonyl (C=O) groups is 4. The van der Waals surface area contributed by atoms with Crippen LogP contribution in [0.1, 0.15) is 106 Å². The van der Waals surface area contributed by atoms with Crippen LogP contribution in [-0.4, -0.2) is 105 Å². The molecule has 4 saturated heterocycles. The highest BCUT2D eigenvalue weighted by atomic mass is 35.5. The van der Waals surface area contributed by atoms with Crippen LogP contribution in [0.15, 0.2) is 67.1 Å². The molecule has 0 saturated carbocycles. The van der Waals surface area contributed by atoms with Crippen molar-refractivity contribution in [3.63, 3.8) is 0 Å². The second kappa shape index (κ2) is 24.1. The molecule has 0 aliphatic carbocycles. The highest BCUT2D eigenvalue weighted by Crippen LogP contribution is 2.30. The molecule has 1 unspecified atom stereocenters. The molecule has 3 aromatic heterocycles. The van der Waals surface area contributed by atoms with Crippen LogP contribution in [0.2, 0.25) is 0 Å². The number of pyridine rings is 3. The first-order valence-electron chi connectivity index (χ1n) is 19.4. The lowest BCUT2D eigenvalue weighted by Crippen LogP contribution is -2.46. The Labute approximate surface area is 352 Å². The highest BCUT2D eigenvalue weighted by Gasteiger charge is 2.35. The zero-order valence-electron chi connectivity index (χ0n) is 31.8. The van der Waals surface area contributed by atoms with E-state index in [4.69, 9.17) is 5.73 Å². The maximum absolute atomic E-state index is 13.1. The number of nitrogens with zero attached hydrogens (tertiary/aromatic N) is 6. The summed E-state index contributed by atoms with van der Waals surface area (Å²) in [5.74, 6) is 1.52. The van der Waals surface area contributed by atoms with Crippen molar-refractivity contribution in [2.45, 2.75) is 79.2 Å². The Morgan fingerprint density at radius 1 is 0.614 bits per heavy atom. The van der Waals surface area contributed by atoms with Gasteiger partial charge >= 0.3 is 0 Å². The molecule has 57 heavy (non-hydrogen) atoms. The zero-order valence-corrected chi connectivity index (χ0v) is 33.4. The number of halogens is 2. The smallest absolute Gasteiger partial charge is 0.225 e. The van der Waals surface area contributed by atoms with E-state index < -0.39 is 0 Å². The number of anilines is 1. The van der Waals surface area contributed by atoms with Gasteiger partial charge in [-0.05, 0) is 126 Å². The number of hydrogen-bond acceptors (Lipinski definition) is 10. The summed E-state index contributed by atoms with van der Waals surface area (Å²) in [5, 5.41) is 3.29. The number of likely N-dealkylation sites (tertiary alicyclic amines) is 3. The van der Waals surface area contributed by atoms with E-state index in [0.717, 1.165) is 83.1 Å². The average Bonchev–Trinajstić information content (AvgIpc) is 3.23. The van der Waals surface area contributed by atoms with Gasteiger partial charge in [0, 0.05) is 74.5 Å². The van der Waals surface area contributed by atoms with Crippen LogP contribution in [0.5, 0.6) is 0 Å². The first-order valence-corrected chi connectivity index (χ1v) is 19.4. The van der Waals surface area contributed by atoms with E-state index in [0.29, 0.717) is 43.4 Å². The molecule has 14 heteroatoms. The Bertz CT molecular complexity index is 1670. The molecule has 12 nitrogen and oxygen atoms in total. The van der Waals surface area contributed by atoms with E-state index >= 15 is 0 Å². The first kappa shape index (κ1) is 49.2. The topological polar surface area (TPSA) is 155 Å². The second-order valence-electron chi connectivity index (χ2n) is 14.9. The number of piperidine rings is 4. The number of carbonyl (C=O) groups excluding carboxylic acids is 4. The van der Waals surface area contributed by atoms with E-state index in [1.165, 1.54) is 0 Å². The summed E-state index contributed by atoms with van der Waals surface area (Å²) >= 11 is 0. The molecular weight excluding hydrogens is 763 g/mol. The van der Waals surface area contributed by atoms with Crippen molar-refractivity contribution in [3.05, 3.63) is 84.1 Å². The van der Waals surface area contributed by atoms with Gasteiger partial charge in [0.25, 0.3) is 0 Å². The lowest BCUT2D eigenvalue weighted by Gasteiger charge is -2.39. The zero-order chi connectivity index (χ0) is 37.2. The minimum Gasteiger partial charge on any atom is -0.384 e. The van der Waals surface area contributed by atoms with Gasteiger partial charge in [0.05, 0.1) is 0 Å². The Morgan fingerprint density at radius 2 is 1.05 bits per heavy atom. The molecule has 0 aromatic carbocycles. The molecule has 4 fully saturated rings. The first-order chi connectivity index (χ1) is 25.8. The van der Waals surface area contributed by atoms with Gasteiger partial charge in [-0.15, -0.1) is 24.8 Å². The van der Waals surface area contributed by atoms with Gasteiger partial charge in [0.15, 0.2) is 11.6 Å². The number of aromatic nitrogens is 3. The molecular formula is C43H64Cl2N8O4. The summed E-state index contributed by atoms with van der Waals surface area (Å²) in [5.41, 5.74) is 8.07. The minimum atomic E-state index is -0.0329. The summed E-state index contributed by atoms with van der Waals surface area (Å²) in [6, 6.07) is 15.1. The fourth-order valence-corrected chi connectivity index (χ4v) is 8.21. The maximum atomic E-state index is 13.1. The van der Waals surface area contributed by atoms with Gasteiger partial charge in [0.1, 0.15) is 17.2 Å². The minimum absolute atomic E-state index is 0. The van der Waals surface area contributed by atoms with Crippen molar-refractivity contribution >= 4 is 54.0 Å². The van der Waals surface area contributed by atoms with E-state index in [-0.39, 0.29) is 92.8 Å². The molecule has 7 heterocycles. The number of rotatable bonds is 8. The van der Waals surface area contributed by atoms with Crippen LogP contribution >= 0.6 is 24.8 Å². The third-order valence-electron chi connectivity index (χ3n) is 11.6. The molecule has 0 spiro atoms. The quantitative estimate of drug-likeness (QED) is 0.239. The molecule has 4 aliphatic heterocycles. The molecule has 0 radical (unpaired) electrons. The van der Waals surface area contributed by atoms with E-state index in [2.05, 4.69) is 32.1 Å². The molecule has 0 bridgehead atoms. The molecule has 1 atom stereocenters. The molecule has 4 aliphatic rings. The van der Waals surface area contributed by atoms with Gasteiger partial charge in [-0.2, -0.15) is 0 Å². The van der Waals surface area contributed by atoms with Crippen molar-refractivity contribution in [1.82, 2.24) is 35.0 Å². The lowest BCUT2D eigenvalue weighted by molar-refractivity contribution is -0.139. The summed E-state index contributed by atoms with van der Waals surface area (Å²) in [6.07, 6.45) is 11.6. The summed E-state index contributed by atoms with van der Waals surface area (Å²) < 4.78 is 0. The molecule has 7 rings (SSSR count). The number of nitrogens with two attached hydrogens (primary N) is 1. The number of nitrogen functional groups attached to an aromatic ring is 1. The van der Waals surface area contributed by atoms with E-state index in [1.54, 1.807) is 30.7 Å². The van der Waals surface area contributed by atoms with Crippen molar-refractivity contribution in [3.8, 4) is 0 Å². The standard InChI is InChI=1S/C24H31N5O2.C17H23N3O2.2CH4.2ClH/c1-17(20-5-11-27-22(25)16-20)28-12-8-19(9-13-28)24(31)29-14-6-18(7-15-29)23(30)21-4-2-3-10-26-21;21-16(15-3-1-2-8-19-15)13-6-11-20(12-7-13)17(22)14-4-9-18-10-5-14;;;;/h2-5,10-11,16-19H,6-9,12-15H2,1H3,(H2,25,27);1-3,8,13-14,18H,4-7,9-12H2;2*1H4;2*1H. The molecule has 3 N–H and O–H groups in total. The SMILES string of the molecule is C.C.CC(c1ccnc(N)c1)N1CCC(C(=O)N2CCC(C(=O)c3ccccn3)CC2)CC1.Cl.Cl.O=C(c1ccccn1)C1CCN(C(=O)C2CCNCC2)CC1. The number of ketones is 2. The third kappa shape index (κ3) is 13.0. The number of hydrogen-bond donors (Lipinski definition) is 2. The van der Waals surface area contributed by atoms with Gasteiger partial charge < -0.3 is 20.9 Å². The molecule has 314 valence electrons. The Hall–Kier alpha value is -3.97. The number of Topliss-reactive ketones (excluding diaryl/α,β-unsaturated/α-hetero) is 2. The average molecular weight is 828 g/mol. The fourth-order valence-electron chi connectivity index (χ4n) is 8.21. The van der Waals surface area contributed by atoms with Crippen molar-refractivity contribution in [2.75, 3.05) is 58.1 Å². The number of amides is 2. The van der Waals surface area contributed by atoms with Gasteiger partial charge in [0.2, 0.25) is 11.8 Å². The number of nitrogens with one attached hydrogen (secondary N) is 1. The largest absolute Gasteiger partial charge is 0.384 e. The Morgan fingerprint density at radius 3 is 1.47 bits per heavy atom. The highest BCUT2D eigenvalue weighted by molar-refractivity contribution is 5.96. The van der Waals surface area contributed by atoms with Crippen molar-refractivity contribution < 1.29 is 19.2 Å². The van der Waals surface area contributed by atoms with Crippen LogP contribution in [-0.2, 0) is 9.59 Å². The maximum Gasteiger partial charge on any atom is 0.225 e. The third-order valence-corrected chi connectivity index (χ3v) is 11.6. The van der Waals surface area contributed by atoms with Gasteiger partial charge in [-0.3, -0.25) is 34.0 Å². The van der Waals surface area contributed by atoms with E-state index in [1.807, 2.05) is 46.2 Å². The molecule has 3 aromatic rings. The molecule has 2 amide bonds. The Balaban J connectivity index is 0.000000385. The normalized spacial score (nSPS) is 18.8. The monoisotopic (exact) mass is 826 g/mol. The van der Waals surface area contributed by atoms with Crippen molar-refractivity contribution in [1.29, 1.82) is 0 Å². The summed E-state index contributed by atoms with van der Waals surface area (Å²) in [6.45, 7) is 8.57. The van der Waals surface area contributed by atoms with Crippen LogP contribution < -0.4 is 11.1 Å². The van der Waals surface area contributed by atoms with E-state index in [9.17, 15) is 19.2 Å². The fraction of sp³-hybridized carbons (Fsp3) is 0.558. The van der Waals surface area contributed by atoms with Crippen molar-refractivity contribution in [2.24, 2.45) is 23.7 Å². The van der Waals surface area contributed by atoms with Gasteiger partial charge in [-0.1, -0.05) is 27.0 Å². The van der Waals surface area contributed by atoms with Crippen LogP contribution in [0.4, 0.5) is 5.82 Å². The Kier molecular flexibility index (Phi) is 20.8. The lowest BCUT2D eigenvalue weighted by atomic mass is 9.88. The van der Waals surface area contributed by atoms with Crippen LogP contribution in [0.3, 0.4) is 0 Å². The van der Waals surface area contributed by atoms with Gasteiger partial charge in [-0.25, -0.2) is 4.98 Å². The summed E-state index contributed by atoms with van der Waals surface area (Å²) in [7, 11) is 0. The van der Waals surface area contributed by atoms with Crippen LogP contribution in [0, 0.1) is 23.7 Å².